The summed E-state index contributed by atoms with van der Waals surface area (Å²) >= 11 is 8.51. The highest BCUT2D eigenvalue weighted by molar-refractivity contribution is 8.00. The lowest BCUT2D eigenvalue weighted by atomic mass is 10.4. The van der Waals surface area contributed by atoms with Crippen LogP contribution in [0.2, 0.25) is 5.28 Å². The Morgan fingerprint density at radius 3 is 3.10 bits per heavy atom. The smallest absolute Gasteiger partial charge is 0.239 e. The van der Waals surface area contributed by atoms with Gasteiger partial charge in [0.15, 0.2) is 10.8 Å². The molecule has 21 heavy (non-hydrogen) atoms. The van der Waals surface area contributed by atoms with Crippen molar-refractivity contribution in [2.45, 2.75) is 17.2 Å². The molecular weight excluding hydrogens is 332 g/mol. The monoisotopic (exact) mass is 340 g/mol. The number of amides is 1. The summed E-state index contributed by atoms with van der Waals surface area (Å²) in [5.74, 6) is -0.155. The average molecular weight is 341 g/mol. The van der Waals surface area contributed by atoms with Crippen LogP contribution in [0.5, 0.6) is 0 Å². The van der Waals surface area contributed by atoms with E-state index in [0.717, 1.165) is 0 Å². The van der Waals surface area contributed by atoms with Gasteiger partial charge >= 0.3 is 0 Å². The Hall–Kier alpha value is -1.71. The number of hydrogen-bond donors (Lipinski definition) is 2. The topological polar surface area (TPSA) is 96.5 Å². The maximum atomic E-state index is 12.1. The molecule has 0 aromatic carbocycles. The maximum absolute atomic E-state index is 12.1. The number of carbonyl (C=O) groups is 1. The molecule has 3 heterocycles. The van der Waals surface area contributed by atoms with E-state index in [1.807, 2.05) is 0 Å². The summed E-state index contributed by atoms with van der Waals surface area (Å²) in [6.45, 7) is 1.78. The van der Waals surface area contributed by atoms with E-state index in [0.29, 0.717) is 21.3 Å². The second kappa shape index (κ2) is 5.96. The Kier molecular flexibility index (Phi) is 4.04. The molecule has 3 rings (SSSR count). The number of aromatic amines is 1. The van der Waals surface area contributed by atoms with Crippen molar-refractivity contribution in [1.82, 2.24) is 24.9 Å². The van der Waals surface area contributed by atoms with Crippen molar-refractivity contribution in [1.29, 1.82) is 0 Å². The third-order valence-electron chi connectivity index (χ3n) is 2.55. The van der Waals surface area contributed by atoms with Crippen LogP contribution in [0.1, 0.15) is 6.92 Å². The van der Waals surface area contributed by atoms with Crippen LogP contribution in [0.25, 0.3) is 11.2 Å². The van der Waals surface area contributed by atoms with Gasteiger partial charge in [0.05, 0.1) is 11.6 Å². The van der Waals surface area contributed by atoms with Gasteiger partial charge in [-0.2, -0.15) is 4.98 Å². The molecule has 0 radical (unpaired) electrons. The maximum Gasteiger partial charge on any atom is 0.239 e. The number of hydrogen-bond acceptors (Lipinski definition) is 7. The van der Waals surface area contributed by atoms with Crippen LogP contribution in [0.4, 0.5) is 5.13 Å². The summed E-state index contributed by atoms with van der Waals surface area (Å²) in [4.78, 5) is 31.3. The number of carbonyl (C=O) groups excluding carboxylic acids is 1. The van der Waals surface area contributed by atoms with Gasteiger partial charge in [0, 0.05) is 11.6 Å². The molecule has 3 aromatic heterocycles. The highest BCUT2D eigenvalue weighted by atomic mass is 35.5. The zero-order chi connectivity index (χ0) is 14.8. The number of rotatable bonds is 4. The fraction of sp³-hybridized carbons (Fsp3) is 0.182. The number of H-pyrrole nitrogens is 1. The van der Waals surface area contributed by atoms with Gasteiger partial charge in [-0.3, -0.25) is 4.79 Å². The lowest BCUT2D eigenvalue weighted by Crippen LogP contribution is -2.22. The van der Waals surface area contributed by atoms with E-state index in [-0.39, 0.29) is 16.4 Å². The highest BCUT2D eigenvalue weighted by Gasteiger charge is 2.19. The molecule has 0 fully saturated rings. The Balaban J connectivity index is 1.78. The second-order valence-corrected chi connectivity index (χ2v) is 6.55. The van der Waals surface area contributed by atoms with Gasteiger partial charge in [0.2, 0.25) is 11.2 Å². The summed E-state index contributed by atoms with van der Waals surface area (Å²) in [5, 5.41) is 5.43. The molecule has 0 bridgehead atoms. The highest BCUT2D eigenvalue weighted by Crippen LogP contribution is 2.28. The standard InChI is InChI=1S/C11H9ClN6OS2/c1-5(8(19)17-11-13-2-3-20-11)21-9-6-7(15-4-14-6)16-10(12)18-9/h2-5H,1H3,(H,13,17,19)(H,14,15,16,18). The van der Waals surface area contributed by atoms with Crippen molar-refractivity contribution in [3.63, 3.8) is 0 Å². The molecule has 0 aliphatic heterocycles. The first kappa shape index (κ1) is 14.2. The summed E-state index contributed by atoms with van der Waals surface area (Å²) in [7, 11) is 0. The first-order chi connectivity index (χ1) is 10.1. The molecule has 1 amide bonds. The molecule has 2 N–H and O–H groups in total. The van der Waals surface area contributed by atoms with Crippen LogP contribution in [-0.4, -0.2) is 36.1 Å². The van der Waals surface area contributed by atoms with E-state index < -0.39 is 0 Å². The van der Waals surface area contributed by atoms with Gasteiger partial charge in [-0.1, -0.05) is 11.8 Å². The van der Waals surface area contributed by atoms with Crippen LogP contribution in [0.15, 0.2) is 22.9 Å². The summed E-state index contributed by atoms with van der Waals surface area (Å²) in [6.07, 6.45) is 3.15. The van der Waals surface area contributed by atoms with Crippen LogP contribution in [0.3, 0.4) is 0 Å². The number of fused-ring (bicyclic) bond motifs is 1. The summed E-state index contributed by atoms with van der Waals surface area (Å²) in [5.41, 5.74) is 1.14. The Morgan fingerprint density at radius 2 is 2.33 bits per heavy atom. The fourth-order valence-electron chi connectivity index (χ4n) is 1.58. The Labute approximate surface area is 132 Å². The van der Waals surface area contributed by atoms with Crippen molar-refractivity contribution in [2.75, 3.05) is 5.32 Å². The normalized spacial score (nSPS) is 12.5. The van der Waals surface area contributed by atoms with Crippen molar-refractivity contribution < 1.29 is 4.79 Å². The molecule has 108 valence electrons. The predicted octanol–water partition coefficient (Wildman–Crippen LogP) is 2.58. The van der Waals surface area contributed by atoms with Crippen LogP contribution in [0, 0.1) is 0 Å². The molecule has 7 nitrogen and oxygen atoms in total. The number of imidazole rings is 1. The third kappa shape index (κ3) is 3.14. The van der Waals surface area contributed by atoms with Crippen molar-refractivity contribution in [3.8, 4) is 0 Å². The molecule has 0 aliphatic rings. The average Bonchev–Trinajstić information content (AvgIpc) is 3.09. The molecule has 0 saturated heterocycles. The minimum absolute atomic E-state index is 0.102. The molecule has 3 aromatic rings. The minimum atomic E-state index is -0.369. The summed E-state index contributed by atoms with van der Waals surface area (Å²) < 4.78 is 0. The molecule has 10 heteroatoms. The number of thiazole rings is 1. The van der Waals surface area contributed by atoms with Gasteiger partial charge in [-0.25, -0.2) is 15.0 Å². The van der Waals surface area contributed by atoms with E-state index in [9.17, 15) is 4.79 Å². The van der Waals surface area contributed by atoms with Gasteiger partial charge in [0.25, 0.3) is 0 Å². The zero-order valence-electron chi connectivity index (χ0n) is 10.7. The SMILES string of the molecule is CC(Sc1nc(Cl)nc2nc[nH]c12)C(=O)Nc1nccs1. The van der Waals surface area contributed by atoms with Gasteiger partial charge in [-0.05, 0) is 18.5 Å². The largest absolute Gasteiger partial charge is 0.341 e. The molecule has 1 atom stereocenters. The quantitative estimate of drug-likeness (QED) is 0.430. The number of aromatic nitrogens is 5. The van der Waals surface area contributed by atoms with Crippen molar-refractivity contribution in [2.24, 2.45) is 0 Å². The second-order valence-electron chi connectivity index (χ2n) is 3.99. The fourth-order valence-corrected chi connectivity index (χ4v) is 3.23. The molecular formula is C11H9ClN6OS2. The van der Waals surface area contributed by atoms with Crippen LogP contribution in [-0.2, 0) is 4.79 Å². The van der Waals surface area contributed by atoms with Crippen molar-refractivity contribution in [3.05, 3.63) is 23.2 Å². The van der Waals surface area contributed by atoms with Crippen LogP contribution >= 0.6 is 34.7 Å². The predicted molar refractivity (Wildman–Crippen MR) is 82.8 cm³/mol. The lowest BCUT2D eigenvalue weighted by molar-refractivity contribution is -0.115. The number of halogens is 1. The number of thioether (sulfide) groups is 1. The van der Waals surface area contributed by atoms with E-state index in [1.54, 1.807) is 18.5 Å². The van der Waals surface area contributed by atoms with Crippen LogP contribution < -0.4 is 5.32 Å². The van der Waals surface area contributed by atoms with Gasteiger partial charge in [0.1, 0.15) is 10.5 Å². The zero-order valence-corrected chi connectivity index (χ0v) is 13.1. The van der Waals surface area contributed by atoms with E-state index in [1.165, 1.54) is 29.4 Å². The van der Waals surface area contributed by atoms with E-state index >= 15 is 0 Å². The summed E-state index contributed by atoms with van der Waals surface area (Å²) in [6, 6.07) is 0. The number of nitrogens with zero attached hydrogens (tertiary/aromatic N) is 4. The minimum Gasteiger partial charge on any atom is -0.341 e. The first-order valence-corrected chi connectivity index (χ1v) is 8.01. The number of nitrogens with one attached hydrogen (secondary N) is 2. The lowest BCUT2D eigenvalue weighted by Gasteiger charge is -2.10. The third-order valence-corrected chi connectivity index (χ3v) is 4.49. The Morgan fingerprint density at radius 1 is 1.48 bits per heavy atom. The number of anilines is 1. The molecule has 0 spiro atoms. The first-order valence-electron chi connectivity index (χ1n) is 5.87. The van der Waals surface area contributed by atoms with Gasteiger partial charge in [-0.15, -0.1) is 11.3 Å². The molecule has 0 aliphatic carbocycles. The van der Waals surface area contributed by atoms with Gasteiger partial charge < -0.3 is 10.3 Å². The molecule has 0 saturated carbocycles. The van der Waals surface area contributed by atoms with E-state index in [4.69, 9.17) is 11.6 Å². The Bertz CT molecular complexity index is 774. The molecule has 1 unspecified atom stereocenters. The van der Waals surface area contributed by atoms with Crippen molar-refractivity contribution >= 4 is 56.9 Å². The van der Waals surface area contributed by atoms with E-state index in [2.05, 4.69) is 30.2 Å².